The Labute approximate surface area is 98.3 Å². The predicted molar refractivity (Wildman–Crippen MR) is 62.1 cm³/mol. The predicted octanol–water partition coefficient (Wildman–Crippen LogP) is 2.84. The Morgan fingerprint density at radius 1 is 1.24 bits per heavy atom. The highest BCUT2D eigenvalue weighted by Crippen LogP contribution is 2.22. The van der Waals surface area contributed by atoms with Crippen molar-refractivity contribution in [3.8, 4) is 11.3 Å². The van der Waals surface area contributed by atoms with E-state index >= 15 is 0 Å². The Bertz CT molecular complexity index is 516. The van der Waals surface area contributed by atoms with Crippen molar-refractivity contribution < 1.29 is 13.6 Å². The summed E-state index contributed by atoms with van der Waals surface area (Å²) in [5.41, 5.74) is 0.738. The number of halogens is 1. The second-order valence-electron chi connectivity index (χ2n) is 3.53. The first kappa shape index (κ1) is 11.4. The van der Waals surface area contributed by atoms with Crippen LogP contribution < -0.4 is 5.32 Å². The van der Waals surface area contributed by atoms with Crippen molar-refractivity contribution in [3.05, 3.63) is 48.0 Å². The van der Waals surface area contributed by atoms with Crippen molar-refractivity contribution in [2.75, 3.05) is 6.54 Å². The molecule has 0 saturated carbocycles. The maximum atomic E-state index is 12.7. The summed E-state index contributed by atoms with van der Waals surface area (Å²) in [6, 6.07) is 9.21. The third-order valence-corrected chi connectivity index (χ3v) is 2.30. The Balaban J connectivity index is 2.23. The van der Waals surface area contributed by atoms with Crippen molar-refractivity contribution in [3.63, 3.8) is 0 Å². The summed E-state index contributed by atoms with van der Waals surface area (Å²) in [5.74, 6) is 0.252. The van der Waals surface area contributed by atoms with Crippen molar-refractivity contribution >= 4 is 5.91 Å². The number of furan rings is 1. The van der Waals surface area contributed by atoms with E-state index < -0.39 is 0 Å². The summed E-state index contributed by atoms with van der Waals surface area (Å²) in [6.45, 7) is 2.38. The number of nitrogens with one attached hydrogen (secondary N) is 1. The molecule has 1 aromatic heterocycles. The van der Waals surface area contributed by atoms with Gasteiger partial charge in [0.2, 0.25) is 0 Å². The van der Waals surface area contributed by atoms with E-state index in [0.717, 1.165) is 5.56 Å². The number of carbonyl (C=O) groups is 1. The van der Waals surface area contributed by atoms with Gasteiger partial charge in [-0.1, -0.05) is 0 Å². The lowest BCUT2D eigenvalue weighted by Crippen LogP contribution is -2.21. The third-order valence-electron chi connectivity index (χ3n) is 2.30. The SMILES string of the molecule is CCNC(=O)c1ccc(-c2ccc(F)cc2)o1. The van der Waals surface area contributed by atoms with Crippen LogP contribution in [-0.4, -0.2) is 12.5 Å². The van der Waals surface area contributed by atoms with Gasteiger partial charge in [-0.3, -0.25) is 4.79 Å². The zero-order valence-corrected chi connectivity index (χ0v) is 9.37. The van der Waals surface area contributed by atoms with Gasteiger partial charge in [0.25, 0.3) is 5.91 Å². The molecule has 88 valence electrons. The van der Waals surface area contributed by atoms with Crippen LogP contribution in [-0.2, 0) is 0 Å². The minimum Gasteiger partial charge on any atom is -0.451 e. The van der Waals surface area contributed by atoms with Crippen LogP contribution in [0.5, 0.6) is 0 Å². The topological polar surface area (TPSA) is 42.2 Å². The smallest absolute Gasteiger partial charge is 0.287 e. The molecule has 0 bridgehead atoms. The fourth-order valence-electron chi connectivity index (χ4n) is 1.48. The number of hydrogen-bond donors (Lipinski definition) is 1. The Kier molecular flexibility index (Phi) is 3.23. The van der Waals surface area contributed by atoms with E-state index in [-0.39, 0.29) is 17.5 Å². The molecule has 0 radical (unpaired) electrons. The molecule has 0 saturated heterocycles. The molecular formula is C13H12FNO2. The van der Waals surface area contributed by atoms with Gasteiger partial charge in [-0.15, -0.1) is 0 Å². The summed E-state index contributed by atoms with van der Waals surface area (Å²) in [5, 5.41) is 2.64. The van der Waals surface area contributed by atoms with E-state index in [4.69, 9.17) is 4.42 Å². The zero-order valence-electron chi connectivity index (χ0n) is 9.37. The van der Waals surface area contributed by atoms with Crippen molar-refractivity contribution in [2.24, 2.45) is 0 Å². The van der Waals surface area contributed by atoms with Crippen LogP contribution in [0.1, 0.15) is 17.5 Å². The van der Waals surface area contributed by atoms with Crippen molar-refractivity contribution in [2.45, 2.75) is 6.92 Å². The molecule has 0 aliphatic rings. The molecule has 1 amide bonds. The van der Waals surface area contributed by atoms with Gasteiger partial charge in [0, 0.05) is 12.1 Å². The van der Waals surface area contributed by atoms with Crippen LogP contribution in [0.15, 0.2) is 40.8 Å². The zero-order chi connectivity index (χ0) is 12.3. The number of amides is 1. The van der Waals surface area contributed by atoms with Crippen LogP contribution in [0.4, 0.5) is 4.39 Å². The molecular weight excluding hydrogens is 221 g/mol. The Hall–Kier alpha value is -2.10. The minimum absolute atomic E-state index is 0.249. The highest BCUT2D eigenvalue weighted by Gasteiger charge is 2.10. The molecule has 17 heavy (non-hydrogen) atoms. The van der Waals surface area contributed by atoms with Gasteiger partial charge in [-0.2, -0.15) is 0 Å². The highest BCUT2D eigenvalue weighted by atomic mass is 19.1. The van der Waals surface area contributed by atoms with E-state index in [9.17, 15) is 9.18 Å². The molecule has 0 spiro atoms. The lowest BCUT2D eigenvalue weighted by atomic mass is 10.2. The monoisotopic (exact) mass is 233 g/mol. The van der Waals surface area contributed by atoms with E-state index in [2.05, 4.69) is 5.32 Å². The largest absolute Gasteiger partial charge is 0.451 e. The first-order valence-electron chi connectivity index (χ1n) is 5.34. The van der Waals surface area contributed by atoms with E-state index in [0.29, 0.717) is 12.3 Å². The van der Waals surface area contributed by atoms with Crippen LogP contribution in [0.2, 0.25) is 0 Å². The Morgan fingerprint density at radius 3 is 2.59 bits per heavy atom. The molecule has 4 heteroatoms. The maximum Gasteiger partial charge on any atom is 0.287 e. The van der Waals surface area contributed by atoms with Gasteiger partial charge < -0.3 is 9.73 Å². The van der Waals surface area contributed by atoms with Gasteiger partial charge >= 0.3 is 0 Å². The molecule has 2 aromatic rings. The third kappa shape index (κ3) is 2.53. The Morgan fingerprint density at radius 2 is 1.94 bits per heavy atom. The lowest BCUT2D eigenvalue weighted by Gasteiger charge is -1.98. The summed E-state index contributed by atoms with van der Waals surface area (Å²) in [6.07, 6.45) is 0. The molecule has 1 heterocycles. The molecule has 1 N–H and O–H groups in total. The molecule has 3 nitrogen and oxygen atoms in total. The quantitative estimate of drug-likeness (QED) is 0.885. The summed E-state index contributed by atoms with van der Waals surface area (Å²) in [4.78, 5) is 11.5. The summed E-state index contributed by atoms with van der Waals surface area (Å²) in [7, 11) is 0. The second kappa shape index (κ2) is 4.82. The molecule has 1 aromatic carbocycles. The van der Waals surface area contributed by atoms with Crippen LogP contribution in [0.25, 0.3) is 11.3 Å². The van der Waals surface area contributed by atoms with Gasteiger partial charge in [0.15, 0.2) is 5.76 Å². The first-order chi connectivity index (χ1) is 8.20. The van der Waals surface area contributed by atoms with Crippen LogP contribution in [0, 0.1) is 5.82 Å². The van der Waals surface area contributed by atoms with Gasteiger partial charge in [0.05, 0.1) is 0 Å². The number of carbonyl (C=O) groups excluding carboxylic acids is 1. The van der Waals surface area contributed by atoms with Gasteiger partial charge in [0.1, 0.15) is 11.6 Å². The molecule has 0 unspecified atom stereocenters. The minimum atomic E-state index is -0.302. The average molecular weight is 233 g/mol. The summed E-state index contributed by atoms with van der Waals surface area (Å²) < 4.78 is 18.1. The number of benzene rings is 1. The average Bonchev–Trinajstić information content (AvgIpc) is 2.80. The van der Waals surface area contributed by atoms with E-state index in [1.54, 1.807) is 24.3 Å². The highest BCUT2D eigenvalue weighted by molar-refractivity contribution is 5.92. The summed E-state index contributed by atoms with van der Waals surface area (Å²) >= 11 is 0. The van der Waals surface area contributed by atoms with Crippen molar-refractivity contribution in [1.29, 1.82) is 0 Å². The standard InChI is InChI=1S/C13H12FNO2/c1-2-15-13(16)12-8-7-11(17-12)9-3-5-10(14)6-4-9/h3-8H,2H2,1H3,(H,15,16). The molecule has 0 atom stereocenters. The fourth-order valence-corrected chi connectivity index (χ4v) is 1.48. The maximum absolute atomic E-state index is 12.7. The van der Waals surface area contributed by atoms with Crippen molar-refractivity contribution in [1.82, 2.24) is 5.32 Å². The van der Waals surface area contributed by atoms with E-state index in [1.165, 1.54) is 12.1 Å². The lowest BCUT2D eigenvalue weighted by molar-refractivity contribution is 0.0929. The van der Waals surface area contributed by atoms with Crippen LogP contribution >= 0.6 is 0 Å². The normalized spacial score (nSPS) is 10.2. The number of rotatable bonds is 3. The van der Waals surface area contributed by atoms with Crippen LogP contribution in [0.3, 0.4) is 0 Å². The fraction of sp³-hybridized carbons (Fsp3) is 0.154. The second-order valence-corrected chi connectivity index (χ2v) is 3.53. The first-order valence-corrected chi connectivity index (χ1v) is 5.34. The van der Waals surface area contributed by atoms with E-state index in [1.807, 2.05) is 6.92 Å². The molecule has 0 aliphatic heterocycles. The number of hydrogen-bond acceptors (Lipinski definition) is 2. The van der Waals surface area contributed by atoms with Gasteiger partial charge in [-0.25, -0.2) is 4.39 Å². The molecule has 0 aliphatic carbocycles. The van der Waals surface area contributed by atoms with Gasteiger partial charge in [-0.05, 0) is 43.3 Å². The molecule has 0 fully saturated rings. The molecule has 2 rings (SSSR count).